The molecule has 0 radical (unpaired) electrons. The van der Waals surface area contributed by atoms with Crippen molar-refractivity contribution >= 4 is 34.4 Å². The van der Waals surface area contributed by atoms with Gasteiger partial charge in [0.2, 0.25) is 5.91 Å². The van der Waals surface area contributed by atoms with Crippen LogP contribution in [0, 0.1) is 6.92 Å². The first-order valence-electron chi connectivity index (χ1n) is 8.25. The number of H-pyrrole nitrogens is 1. The number of aromatic nitrogens is 1. The summed E-state index contributed by atoms with van der Waals surface area (Å²) in [5, 5.41) is 4.06. The van der Waals surface area contributed by atoms with E-state index in [1.807, 2.05) is 25.1 Å². The Bertz CT molecular complexity index is 1060. The number of carbonyl (C=O) groups is 2. The van der Waals surface area contributed by atoms with E-state index in [4.69, 9.17) is 0 Å². The Morgan fingerprint density at radius 1 is 1.16 bits per heavy atom. The standard InChI is InChI=1S/C21H18N2O2/c1-12-3-7-18-15(9-12)16-11-20(25)22-19-8-6-14(5-4-13(2)24)10-17(19)21(16)23-18/h3-10,23H,11H2,1-2H3,(H,22,25)/b5-4+. The summed E-state index contributed by atoms with van der Waals surface area (Å²) in [7, 11) is 0. The van der Waals surface area contributed by atoms with Crippen LogP contribution in [-0.4, -0.2) is 16.7 Å². The highest BCUT2D eigenvalue weighted by Gasteiger charge is 2.22. The van der Waals surface area contributed by atoms with Crippen LogP contribution in [0.2, 0.25) is 0 Å². The van der Waals surface area contributed by atoms with E-state index in [0.29, 0.717) is 6.42 Å². The van der Waals surface area contributed by atoms with Crippen LogP contribution in [0.4, 0.5) is 5.69 Å². The molecule has 0 saturated heterocycles. The maximum absolute atomic E-state index is 12.4. The summed E-state index contributed by atoms with van der Waals surface area (Å²) in [5.74, 6) is -0.0144. The van der Waals surface area contributed by atoms with Crippen molar-refractivity contribution in [2.24, 2.45) is 0 Å². The molecule has 4 heteroatoms. The number of ketones is 1. The second kappa shape index (κ2) is 5.74. The summed E-state index contributed by atoms with van der Waals surface area (Å²) < 4.78 is 0. The Labute approximate surface area is 145 Å². The number of aromatic amines is 1. The lowest BCUT2D eigenvalue weighted by atomic mass is 10.0. The van der Waals surface area contributed by atoms with Crippen molar-refractivity contribution in [2.75, 3.05) is 5.32 Å². The molecular formula is C21H18N2O2. The highest BCUT2D eigenvalue weighted by molar-refractivity contribution is 6.05. The highest BCUT2D eigenvalue weighted by atomic mass is 16.1. The van der Waals surface area contributed by atoms with E-state index < -0.39 is 0 Å². The number of hydrogen-bond donors (Lipinski definition) is 2. The molecule has 1 aliphatic rings. The molecule has 0 saturated carbocycles. The van der Waals surface area contributed by atoms with E-state index in [9.17, 15) is 9.59 Å². The molecule has 4 nitrogen and oxygen atoms in total. The molecule has 25 heavy (non-hydrogen) atoms. The van der Waals surface area contributed by atoms with Crippen LogP contribution in [0.15, 0.2) is 42.5 Å². The van der Waals surface area contributed by atoms with Gasteiger partial charge in [-0.1, -0.05) is 23.8 Å². The average molecular weight is 330 g/mol. The molecular weight excluding hydrogens is 312 g/mol. The summed E-state index contributed by atoms with van der Waals surface area (Å²) in [6.45, 7) is 3.58. The lowest BCUT2D eigenvalue weighted by molar-refractivity contribution is -0.115. The van der Waals surface area contributed by atoms with Gasteiger partial charge in [0.25, 0.3) is 0 Å². The summed E-state index contributed by atoms with van der Waals surface area (Å²) in [6.07, 6.45) is 3.68. The van der Waals surface area contributed by atoms with Gasteiger partial charge in [-0.3, -0.25) is 9.59 Å². The summed E-state index contributed by atoms with van der Waals surface area (Å²) in [4.78, 5) is 27.0. The number of fused-ring (bicyclic) bond motifs is 5. The van der Waals surface area contributed by atoms with E-state index in [2.05, 4.69) is 28.5 Å². The Kier molecular flexibility index (Phi) is 3.53. The maximum Gasteiger partial charge on any atom is 0.228 e. The fourth-order valence-electron chi connectivity index (χ4n) is 3.32. The largest absolute Gasteiger partial charge is 0.354 e. The fraction of sp³-hybridized carbons (Fsp3) is 0.143. The number of aryl methyl sites for hydroxylation is 1. The van der Waals surface area contributed by atoms with Gasteiger partial charge >= 0.3 is 0 Å². The van der Waals surface area contributed by atoms with E-state index in [1.54, 1.807) is 12.2 Å². The SMILES string of the molecule is CC(=O)/C=C/c1ccc2c(c1)-c1[nH]c3ccc(C)cc3c1CC(=O)N2. The van der Waals surface area contributed by atoms with Crippen molar-refractivity contribution in [1.29, 1.82) is 0 Å². The number of allylic oxidation sites excluding steroid dienone is 1. The molecule has 2 N–H and O–H groups in total. The van der Waals surface area contributed by atoms with Gasteiger partial charge in [0.15, 0.2) is 5.78 Å². The Morgan fingerprint density at radius 2 is 2.00 bits per heavy atom. The predicted octanol–water partition coefficient (Wildman–Crippen LogP) is 4.24. The zero-order chi connectivity index (χ0) is 17.6. The summed E-state index contributed by atoms with van der Waals surface area (Å²) in [6, 6.07) is 12.0. The van der Waals surface area contributed by atoms with Crippen LogP contribution in [-0.2, 0) is 16.0 Å². The van der Waals surface area contributed by atoms with E-state index >= 15 is 0 Å². The van der Waals surface area contributed by atoms with Crippen LogP contribution in [0.1, 0.15) is 23.6 Å². The molecule has 1 aromatic heterocycles. The lowest BCUT2D eigenvalue weighted by Gasteiger charge is -2.08. The molecule has 4 rings (SSSR count). The third kappa shape index (κ3) is 2.76. The average Bonchev–Trinajstić information content (AvgIpc) is 2.84. The highest BCUT2D eigenvalue weighted by Crippen LogP contribution is 2.38. The van der Waals surface area contributed by atoms with Gasteiger partial charge < -0.3 is 10.3 Å². The predicted molar refractivity (Wildman–Crippen MR) is 101 cm³/mol. The quantitative estimate of drug-likeness (QED) is 0.690. The number of rotatable bonds is 2. The van der Waals surface area contributed by atoms with Crippen LogP contribution in [0.3, 0.4) is 0 Å². The Hall–Kier alpha value is -3.14. The van der Waals surface area contributed by atoms with Crippen molar-refractivity contribution in [3.63, 3.8) is 0 Å². The van der Waals surface area contributed by atoms with Gasteiger partial charge in [0.1, 0.15) is 0 Å². The third-order valence-corrected chi connectivity index (χ3v) is 4.50. The van der Waals surface area contributed by atoms with E-state index in [0.717, 1.165) is 44.5 Å². The first-order chi connectivity index (χ1) is 12.0. The molecule has 0 unspecified atom stereocenters. The first-order valence-corrected chi connectivity index (χ1v) is 8.25. The number of carbonyl (C=O) groups excluding carboxylic acids is 2. The normalized spacial score (nSPS) is 13.4. The van der Waals surface area contributed by atoms with Gasteiger partial charge in [0, 0.05) is 16.5 Å². The number of benzene rings is 2. The van der Waals surface area contributed by atoms with Gasteiger partial charge in [-0.05, 0) is 55.3 Å². The number of hydrogen-bond acceptors (Lipinski definition) is 2. The van der Waals surface area contributed by atoms with Crippen molar-refractivity contribution in [1.82, 2.24) is 4.98 Å². The van der Waals surface area contributed by atoms with Crippen LogP contribution in [0.5, 0.6) is 0 Å². The molecule has 0 bridgehead atoms. The minimum Gasteiger partial charge on any atom is -0.354 e. The minimum absolute atomic E-state index is 0.00465. The fourth-order valence-corrected chi connectivity index (χ4v) is 3.32. The van der Waals surface area contributed by atoms with Crippen LogP contribution in [0.25, 0.3) is 28.2 Å². The summed E-state index contributed by atoms with van der Waals surface area (Å²) >= 11 is 0. The second-order valence-electron chi connectivity index (χ2n) is 6.50. The van der Waals surface area contributed by atoms with Crippen molar-refractivity contribution in [2.45, 2.75) is 20.3 Å². The van der Waals surface area contributed by atoms with Crippen LogP contribution < -0.4 is 5.32 Å². The number of anilines is 1. The number of nitrogens with one attached hydrogen (secondary N) is 2. The summed E-state index contributed by atoms with van der Waals surface area (Å²) in [5.41, 5.74) is 6.83. The van der Waals surface area contributed by atoms with E-state index in [1.165, 1.54) is 6.92 Å². The van der Waals surface area contributed by atoms with Crippen molar-refractivity contribution in [3.8, 4) is 11.3 Å². The zero-order valence-corrected chi connectivity index (χ0v) is 14.1. The Morgan fingerprint density at radius 3 is 2.80 bits per heavy atom. The smallest absolute Gasteiger partial charge is 0.228 e. The molecule has 1 aliphatic heterocycles. The first kappa shape index (κ1) is 15.4. The van der Waals surface area contributed by atoms with Crippen molar-refractivity contribution < 1.29 is 9.59 Å². The Balaban J connectivity index is 1.96. The third-order valence-electron chi connectivity index (χ3n) is 4.50. The molecule has 0 atom stereocenters. The molecule has 124 valence electrons. The van der Waals surface area contributed by atoms with Gasteiger partial charge in [-0.15, -0.1) is 0 Å². The van der Waals surface area contributed by atoms with Gasteiger partial charge in [-0.25, -0.2) is 0 Å². The van der Waals surface area contributed by atoms with Crippen molar-refractivity contribution in [3.05, 3.63) is 59.2 Å². The zero-order valence-electron chi connectivity index (χ0n) is 14.1. The second-order valence-corrected chi connectivity index (χ2v) is 6.50. The van der Waals surface area contributed by atoms with E-state index in [-0.39, 0.29) is 11.7 Å². The monoisotopic (exact) mass is 330 g/mol. The molecule has 2 heterocycles. The minimum atomic E-state index is -0.0190. The molecule has 0 fully saturated rings. The molecule has 2 aromatic carbocycles. The topological polar surface area (TPSA) is 62.0 Å². The maximum atomic E-state index is 12.4. The lowest BCUT2D eigenvalue weighted by Crippen LogP contribution is -2.12. The number of amides is 1. The van der Waals surface area contributed by atoms with Gasteiger partial charge in [-0.2, -0.15) is 0 Å². The molecule has 1 amide bonds. The molecule has 3 aromatic rings. The van der Waals surface area contributed by atoms with Gasteiger partial charge in [0.05, 0.1) is 17.8 Å². The van der Waals surface area contributed by atoms with Crippen LogP contribution >= 0.6 is 0 Å². The molecule has 0 aliphatic carbocycles. The molecule has 0 spiro atoms.